The van der Waals surface area contributed by atoms with E-state index in [1.165, 1.54) is 21.9 Å². The van der Waals surface area contributed by atoms with Crippen molar-refractivity contribution in [2.24, 2.45) is 9.98 Å². The van der Waals surface area contributed by atoms with Gasteiger partial charge < -0.3 is 9.73 Å². The second kappa shape index (κ2) is 11.3. The molecule has 1 aromatic heterocycles. The summed E-state index contributed by atoms with van der Waals surface area (Å²) in [7, 11) is 0. The molecule has 1 aliphatic rings. The second-order valence-electron chi connectivity index (χ2n) is 11.8. The first-order valence-corrected chi connectivity index (χ1v) is 15.9. The molecular weight excluding hydrogens is 574 g/mol. The van der Waals surface area contributed by atoms with Gasteiger partial charge in [-0.3, -0.25) is 0 Å². The van der Waals surface area contributed by atoms with E-state index in [-0.39, 0.29) is 6.17 Å². The lowest BCUT2D eigenvalue weighted by atomic mass is 9.96. The highest BCUT2D eigenvalue weighted by Gasteiger charge is 2.24. The molecule has 2 heterocycles. The van der Waals surface area contributed by atoms with E-state index in [0.717, 1.165) is 55.6 Å². The van der Waals surface area contributed by atoms with Crippen LogP contribution >= 0.6 is 0 Å². The van der Waals surface area contributed by atoms with Crippen molar-refractivity contribution in [3.05, 3.63) is 180 Å². The van der Waals surface area contributed by atoms with Crippen molar-refractivity contribution in [1.82, 2.24) is 5.32 Å². The fourth-order valence-corrected chi connectivity index (χ4v) is 6.65. The van der Waals surface area contributed by atoms with Crippen LogP contribution < -0.4 is 5.32 Å². The molecule has 0 saturated carbocycles. The Hall–Kier alpha value is -6.26. The highest BCUT2D eigenvalue weighted by molar-refractivity contribution is 6.14. The molecule has 1 N–H and O–H groups in total. The molecule has 0 bridgehead atoms. The van der Waals surface area contributed by atoms with Crippen LogP contribution in [-0.2, 0) is 0 Å². The van der Waals surface area contributed by atoms with Gasteiger partial charge in [-0.05, 0) is 51.2 Å². The number of nitrogens with one attached hydrogen (secondary N) is 1. The van der Waals surface area contributed by atoms with Gasteiger partial charge in [-0.1, -0.05) is 146 Å². The van der Waals surface area contributed by atoms with Crippen molar-refractivity contribution in [2.45, 2.75) is 6.17 Å². The van der Waals surface area contributed by atoms with Crippen LogP contribution in [0.5, 0.6) is 0 Å². The quantitative estimate of drug-likeness (QED) is 0.213. The van der Waals surface area contributed by atoms with Crippen molar-refractivity contribution in [1.29, 1.82) is 0 Å². The van der Waals surface area contributed by atoms with Crippen LogP contribution in [0.1, 0.15) is 22.9 Å². The monoisotopic (exact) mass is 603 g/mol. The van der Waals surface area contributed by atoms with Gasteiger partial charge in [-0.15, -0.1) is 0 Å². The summed E-state index contributed by atoms with van der Waals surface area (Å²) < 4.78 is 6.50. The lowest BCUT2D eigenvalue weighted by Crippen LogP contribution is -2.33. The third-order valence-electron chi connectivity index (χ3n) is 8.96. The fraction of sp³-hybridized carbons (Fsp3) is 0.0233. The van der Waals surface area contributed by atoms with E-state index in [4.69, 9.17) is 14.4 Å². The van der Waals surface area contributed by atoms with E-state index in [1.54, 1.807) is 0 Å². The second-order valence-corrected chi connectivity index (χ2v) is 11.8. The zero-order valence-electron chi connectivity index (χ0n) is 25.5. The van der Waals surface area contributed by atoms with Crippen molar-refractivity contribution in [3.63, 3.8) is 0 Å². The average molecular weight is 604 g/mol. The van der Waals surface area contributed by atoms with Crippen LogP contribution in [0.3, 0.4) is 0 Å². The molecule has 1 aliphatic heterocycles. The SMILES string of the molecule is c1ccc(C2=NC(c3cccc4oc5cc(-c6ccc(-c7cccc8ccccc78)cc6)ccc5c34)NC(c3ccccc3)=N2)cc1. The highest BCUT2D eigenvalue weighted by atomic mass is 16.3. The number of hydrogen-bond donors (Lipinski definition) is 1. The van der Waals surface area contributed by atoms with Crippen LogP contribution in [0.2, 0.25) is 0 Å². The molecule has 0 aliphatic carbocycles. The number of amidine groups is 2. The van der Waals surface area contributed by atoms with E-state index in [2.05, 4.69) is 121 Å². The predicted molar refractivity (Wildman–Crippen MR) is 194 cm³/mol. The van der Waals surface area contributed by atoms with Crippen molar-refractivity contribution in [3.8, 4) is 22.3 Å². The van der Waals surface area contributed by atoms with Crippen LogP contribution in [0.4, 0.5) is 0 Å². The first-order valence-electron chi connectivity index (χ1n) is 15.9. The number of fused-ring (bicyclic) bond motifs is 4. The molecule has 222 valence electrons. The summed E-state index contributed by atoms with van der Waals surface area (Å²) in [6, 6.07) is 56.9. The van der Waals surface area contributed by atoms with Gasteiger partial charge in [-0.2, -0.15) is 0 Å². The Morgan fingerprint density at radius 1 is 0.489 bits per heavy atom. The van der Waals surface area contributed by atoms with E-state index in [0.29, 0.717) is 5.84 Å². The van der Waals surface area contributed by atoms with E-state index >= 15 is 0 Å². The molecule has 1 unspecified atom stereocenters. The maximum absolute atomic E-state index is 6.50. The zero-order chi connectivity index (χ0) is 31.2. The Balaban J connectivity index is 1.10. The van der Waals surface area contributed by atoms with E-state index in [1.807, 2.05) is 48.5 Å². The summed E-state index contributed by atoms with van der Waals surface area (Å²) in [5.74, 6) is 1.50. The Labute approximate surface area is 272 Å². The highest BCUT2D eigenvalue weighted by Crippen LogP contribution is 2.38. The summed E-state index contributed by atoms with van der Waals surface area (Å²) >= 11 is 0. The van der Waals surface area contributed by atoms with Gasteiger partial charge in [0.25, 0.3) is 0 Å². The van der Waals surface area contributed by atoms with Crippen molar-refractivity contribution >= 4 is 44.4 Å². The smallest absolute Gasteiger partial charge is 0.159 e. The van der Waals surface area contributed by atoms with Crippen molar-refractivity contribution < 1.29 is 4.42 Å². The van der Waals surface area contributed by atoms with Gasteiger partial charge in [-0.25, -0.2) is 9.98 Å². The molecule has 47 heavy (non-hydrogen) atoms. The Kier molecular flexibility index (Phi) is 6.50. The largest absolute Gasteiger partial charge is 0.456 e. The van der Waals surface area contributed by atoms with E-state index in [9.17, 15) is 0 Å². The van der Waals surface area contributed by atoms with Gasteiger partial charge in [0.15, 0.2) is 5.84 Å². The molecule has 0 spiro atoms. The first kappa shape index (κ1) is 27.1. The Morgan fingerprint density at radius 3 is 2.00 bits per heavy atom. The van der Waals surface area contributed by atoms with Gasteiger partial charge in [0.1, 0.15) is 23.2 Å². The lowest BCUT2D eigenvalue weighted by Gasteiger charge is -2.24. The Bertz CT molecular complexity index is 2470. The molecule has 1 atom stereocenters. The van der Waals surface area contributed by atoms with Gasteiger partial charge >= 0.3 is 0 Å². The summed E-state index contributed by atoms with van der Waals surface area (Å²) in [5.41, 5.74) is 9.43. The molecule has 0 saturated heterocycles. The summed E-state index contributed by atoms with van der Waals surface area (Å²) in [6.45, 7) is 0. The van der Waals surface area contributed by atoms with Gasteiger partial charge in [0, 0.05) is 27.5 Å². The van der Waals surface area contributed by atoms with Crippen molar-refractivity contribution in [2.75, 3.05) is 0 Å². The predicted octanol–water partition coefficient (Wildman–Crippen LogP) is 10.6. The van der Waals surface area contributed by atoms with Crippen LogP contribution in [0.25, 0.3) is 55.0 Å². The molecule has 9 rings (SSSR count). The fourth-order valence-electron chi connectivity index (χ4n) is 6.65. The Morgan fingerprint density at radius 2 is 1.17 bits per heavy atom. The molecular formula is C43H29N3O. The van der Waals surface area contributed by atoms with Crippen LogP contribution in [0.15, 0.2) is 178 Å². The number of nitrogens with zero attached hydrogens (tertiary/aromatic N) is 2. The minimum absolute atomic E-state index is 0.344. The molecule has 0 radical (unpaired) electrons. The molecule has 7 aromatic carbocycles. The molecule has 4 heteroatoms. The zero-order valence-corrected chi connectivity index (χ0v) is 25.5. The summed E-state index contributed by atoms with van der Waals surface area (Å²) in [4.78, 5) is 10.1. The number of hydrogen-bond acceptors (Lipinski definition) is 4. The molecule has 0 amide bonds. The van der Waals surface area contributed by atoms with E-state index < -0.39 is 0 Å². The molecule has 4 nitrogen and oxygen atoms in total. The first-order chi connectivity index (χ1) is 23.3. The standard InChI is InChI=1S/C43H29N3O/c1-3-12-31(13-4-1)41-44-42(32-14-5-2-6-15-32)46-43(45-41)37-19-10-20-38-40(37)36-26-25-33(27-39(36)47-38)28-21-23-30(24-22-28)35-18-9-16-29-11-7-8-17-34(29)35/h1-27,43H,(H,44,45,46). The van der Waals surface area contributed by atoms with Gasteiger partial charge in [0.05, 0.1) is 0 Å². The summed E-state index contributed by atoms with van der Waals surface area (Å²) in [6.07, 6.45) is -0.344. The number of rotatable bonds is 5. The third kappa shape index (κ3) is 4.88. The summed E-state index contributed by atoms with van der Waals surface area (Å²) in [5, 5.41) is 8.25. The maximum atomic E-state index is 6.50. The third-order valence-corrected chi connectivity index (χ3v) is 8.96. The molecule has 8 aromatic rings. The lowest BCUT2D eigenvalue weighted by molar-refractivity contribution is 0.662. The van der Waals surface area contributed by atoms with Gasteiger partial charge in [0.2, 0.25) is 0 Å². The van der Waals surface area contributed by atoms with Crippen LogP contribution in [-0.4, -0.2) is 11.7 Å². The minimum Gasteiger partial charge on any atom is -0.456 e. The topological polar surface area (TPSA) is 49.9 Å². The average Bonchev–Trinajstić information content (AvgIpc) is 3.53. The number of benzene rings is 7. The normalized spacial score (nSPS) is 14.6. The number of furan rings is 1. The molecule has 0 fully saturated rings. The van der Waals surface area contributed by atoms with Crippen LogP contribution in [0, 0.1) is 0 Å². The number of aliphatic imine (C=N–C) groups is 2. The minimum atomic E-state index is -0.344. The maximum Gasteiger partial charge on any atom is 0.159 e.